The van der Waals surface area contributed by atoms with Crippen LogP contribution in [0.1, 0.15) is 19.3 Å². The molecule has 4 saturated heterocycles. The molecule has 1 unspecified atom stereocenters. The Hall–Kier alpha value is -2.05. The molecule has 6 rings (SSSR count). The Morgan fingerprint density at radius 2 is 2.13 bits per heavy atom. The smallest absolute Gasteiger partial charge is 0.251 e. The molecular weight excluding hydrogens is 290 g/mol. The normalized spacial score (nSPS) is 34.3. The van der Waals surface area contributed by atoms with Crippen molar-refractivity contribution in [3.8, 4) is 0 Å². The molecule has 0 amide bonds. The summed E-state index contributed by atoms with van der Waals surface area (Å²) in [6, 6.07) is 7.95. The number of piperidine rings is 3. The van der Waals surface area contributed by atoms with Crippen molar-refractivity contribution in [2.24, 2.45) is 10.9 Å². The minimum absolute atomic E-state index is 0.105. The van der Waals surface area contributed by atoms with E-state index in [0.717, 1.165) is 29.7 Å². The lowest BCUT2D eigenvalue weighted by molar-refractivity contribution is -0.150. The molecule has 1 N–H and O–H groups in total. The van der Waals surface area contributed by atoms with Gasteiger partial charge in [-0.2, -0.15) is 4.99 Å². The largest absolute Gasteiger partial charge is 0.300 e. The van der Waals surface area contributed by atoms with E-state index in [0.29, 0.717) is 11.9 Å². The van der Waals surface area contributed by atoms with E-state index in [1.54, 1.807) is 0 Å². The van der Waals surface area contributed by atoms with Crippen molar-refractivity contribution in [1.29, 1.82) is 0 Å². The third-order valence-electron chi connectivity index (χ3n) is 5.37. The molecule has 118 valence electrons. The maximum Gasteiger partial charge on any atom is 0.251 e. The number of hydrogen-bond acceptors (Lipinski definition) is 5. The number of aromatic nitrogens is 2. The van der Waals surface area contributed by atoms with E-state index in [-0.39, 0.29) is 5.60 Å². The lowest BCUT2D eigenvalue weighted by atomic mass is 9.74. The van der Waals surface area contributed by atoms with Gasteiger partial charge in [0.05, 0.1) is 5.52 Å². The molecule has 2 aromatic rings. The number of rotatable bonds is 1. The Labute approximate surface area is 134 Å². The van der Waals surface area contributed by atoms with Crippen molar-refractivity contribution in [2.45, 2.75) is 24.9 Å². The first-order valence-electron chi connectivity index (χ1n) is 8.27. The minimum atomic E-state index is -0.105. The van der Waals surface area contributed by atoms with Gasteiger partial charge in [-0.1, -0.05) is 18.2 Å². The van der Waals surface area contributed by atoms with Crippen LogP contribution in [0.4, 0.5) is 5.95 Å². The highest BCUT2D eigenvalue weighted by molar-refractivity contribution is 5.86. The van der Waals surface area contributed by atoms with Gasteiger partial charge in [0.25, 0.3) is 5.95 Å². The molecule has 6 nitrogen and oxygen atoms in total. The van der Waals surface area contributed by atoms with Crippen LogP contribution in [0.5, 0.6) is 0 Å². The summed E-state index contributed by atoms with van der Waals surface area (Å²) in [4.78, 5) is 22.0. The van der Waals surface area contributed by atoms with Crippen molar-refractivity contribution >= 4 is 22.7 Å². The number of amidine groups is 1. The Bertz CT molecular complexity index is 783. The molecule has 6 heteroatoms. The topological polar surface area (TPSA) is 62.6 Å². The average Bonchev–Trinajstić information content (AvgIpc) is 2.98. The zero-order valence-electron chi connectivity index (χ0n) is 12.9. The first-order chi connectivity index (χ1) is 11.3. The van der Waals surface area contributed by atoms with E-state index in [1.165, 1.54) is 25.9 Å². The fourth-order valence-electron chi connectivity index (χ4n) is 4.16. The highest BCUT2D eigenvalue weighted by atomic mass is 16.7. The van der Waals surface area contributed by atoms with E-state index in [4.69, 9.17) is 4.84 Å². The van der Waals surface area contributed by atoms with E-state index in [2.05, 4.69) is 25.3 Å². The van der Waals surface area contributed by atoms with Crippen LogP contribution >= 0.6 is 0 Å². The summed E-state index contributed by atoms with van der Waals surface area (Å²) in [5, 5.41) is 1.03. The van der Waals surface area contributed by atoms with Gasteiger partial charge in [-0.15, -0.1) is 0 Å². The predicted molar refractivity (Wildman–Crippen MR) is 87.4 cm³/mol. The fourth-order valence-corrected chi connectivity index (χ4v) is 4.16. The summed E-state index contributed by atoms with van der Waals surface area (Å²) in [6.07, 6.45) is 5.09. The van der Waals surface area contributed by atoms with Crippen LogP contribution in [0.15, 0.2) is 35.5 Å². The maximum absolute atomic E-state index is 6.01. The molecule has 1 spiro atoms. The summed E-state index contributed by atoms with van der Waals surface area (Å²) in [7, 11) is 0. The number of benzene rings is 1. The van der Waals surface area contributed by atoms with Crippen LogP contribution in [0.25, 0.3) is 10.9 Å². The van der Waals surface area contributed by atoms with Gasteiger partial charge in [0.15, 0.2) is 0 Å². The Morgan fingerprint density at radius 3 is 2.96 bits per heavy atom. The Morgan fingerprint density at radius 1 is 1.26 bits per heavy atom. The van der Waals surface area contributed by atoms with E-state index >= 15 is 0 Å². The van der Waals surface area contributed by atoms with E-state index in [1.807, 2.05) is 30.5 Å². The second-order valence-electron chi connectivity index (χ2n) is 6.78. The molecule has 4 aliphatic heterocycles. The van der Waals surface area contributed by atoms with Gasteiger partial charge in [0, 0.05) is 24.5 Å². The summed E-state index contributed by atoms with van der Waals surface area (Å²) in [5.74, 6) is 1.97. The molecule has 1 aromatic carbocycles. The average molecular weight is 309 g/mol. The molecule has 5 heterocycles. The van der Waals surface area contributed by atoms with Crippen LogP contribution in [-0.2, 0) is 4.84 Å². The zero-order chi connectivity index (χ0) is 15.3. The molecule has 4 aliphatic rings. The maximum atomic E-state index is 6.01. The molecular formula is C17H19N5O. The molecule has 0 aliphatic carbocycles. The molecule has 0 saturated carbocycles. The van der Waals surface area contributed by atoms with Crippen LogP contribution in [0.2, 0.25) is 0 Å². The van der Waals surface area contributed by atoms with Crippen molar-refractivity contribution in [1.82, 2.24) is 20.3 Å². The van der Waals surface area contributed by atoms with Crippen molar-refractivity contribution in [3.05, 3.63) is 30.5 Å². The van der Waals surface area contributed by atoms with Crippen LogP contribution < -0.4 is 5.48 Å². The van der Waals surface area contributed by atoms with Gasteiger partial charge in [0.2, 0.25) is 0 Å². The molecule has 1 aromatic heterocycles. The molecule has 2 bridgehead atoms. The second-order valence-corrected chi connectivity index (χ2v) is 6.78. The SMILES string of the molecule is c1ccc2nc(/N=C3/CC4(CN5CCC4CC5)ON3)ncc2c1. The number of hydrogen-bond donors (Lipinski definition) is 1. The first-order valence-corrected chi connectivity index (χ1v) is 8.27. The van der Waals surface area contributed by atoms with Crippen molar-refractivity contribution in [2.75, 3.05) is 19.6 Å². The summed E-state index contributed by atoms with van der Waals surface area (Å²) in [6.45, 7) is 3.41. The number of aliphatic imine (C=N–C) groups is 1. The minimum Gasteiger partial charge on any atom is -0.300 e. The predicted octanol–water partition coefficient (Wildman–Crippen LogP) is 2.05. The first kappa shape index (κ1) is 13.4. The summed E-state index contributed by atoms with van der Waals surface area (Å²) < 4.78 is 0. The number of hydroxylamine groups is 1. The summed E-state index contributed by atoms with van der Waals surface area (Å²) >= 11 is 0. The number of nitrogens with one attached hydrogen (secondary N) is 1. The molecule has 1 atom stereocenters. The highest BCUT2D eigenvalue weighted by Crippen LogP contribution is 2.42. The monoisotopic (exact) mass is 309 g/mol. The van der Waals surface area contributed by atoms with Crippen LogP contribution in [0, 0.1) is 5.92 Å². The third-order valence-corrected chi connectivity index (χ3v) is 5.37. The van der Waals surface area contributed by atoms with Crippen molar-refractivity contribution < 1.29 is 4.84 Å². The van der Waals surface area contributed by atoms with Gasteiger partial charge in [-0.05, 0) is 37.9 Å². The highest BCUT2D eigenvalue weighted by Gasteiger charge is 2.52. The summed E-state index contributed by atoms with van der Waals surface area (Å²) in [5.41, 5.74) is 3.85. The lowest BCUT2D eigenvalue weighted by Gasteiger charge is -2.49. The Kier molecular flexibility index (Phi) is 2.90. The Balaban J connectivity index is 1.42. The van der Waals surface area contributed by atoms with E-state index in [9.17, 15) is 0 Å². The fraction of sp³-hybridized carbons (Fsp3) is 0.471. The standard InChI is InChI=1S/C17H19N5O/c1-2-4-14-12(3-1)10-18-16(19-14)20-15-9-17(23-21-15)11-22-7-5-13(17)6-8-22/h1-4,10,13H,5-9,11H2,(H,18,19,20,21). The number of fused-ring (bicyclic) bond motifs is 3. The second kappa shape index (κ2) is 4.97. The zero-order valence-corrected chi connectivity index (χ0v) is 12.9. The van der Waals surface area contributed by atoms with E-state index < -0.39 is 0 Å². The van der Waals surface area contributed by atoms with Crippen molar-refractivity contribution in [3.63, 3.8) is 0 Å². The molecule has 4 fully saturated rings. The van der Waals surface area contributed by atoms with Gasteiger partial charge in [-0.25, -0.2) is 9.97 Å². The van der Waals surface area contributed by atoms with Crippen LogP contribution in [0.3, 0.4) is 0 Å². The molecule has 23 heavy (non-hydrogen) atoms. The van der Waals surface area contributed by atoms with Gasteiger partial charge in [0.1, 0.15) is 11.4 Å². The number of nitrogens with zero attached hydrogens (tertiary/aromatic N) is 4. The van der Waals surface area contributed by atoms with Gasteiger partial charge < -0.3 is 4.90 Å². The lowest BCUT2D eigenvalue weighted by Crippen LogP contribution is -2.59. The van der Waals surface area contributed by atoms with Crippen LogP contribution in [-0.4, -0.2) is 45.9 Å². The third kappa shape index (κ3) is 2.21. The molecule has 0 radical (unpaired) electrons. The number of para-hydroxylation sites is 1. The van der Waals surface area contributed by atoms with Gasteiger partial charge in [-0.3, -0.25) is 10.3 Å². The van der Waals surface area contributed by atoms with Gasteiger partial charge >= 0.3 is 0 Å². The quantitative estimate of drug-likeness (QED) is 0.873.